The second-order valence-electron chi connectivity index (χ2n) is 4.21. The van der Waals surface area contributed by atoms with Crippen LogP contribution in [0.2, 0.25) is 0 Å². The molecule has 0 aliphatic rings. The van der Waals surface area contributed by atoms with Crippen LogP contribution in [0.5, 0.6) is 11.5 Å². The zero-order chi connectivity index (χ0) is 15.6. The highest BCUT2D eigenvalue weighted by Crippen LogP contribution is 2.35. The van der Waals surface area contributed by atoms with E-state index in [1.807, 2.05) is 0 Å². The minimum absolute atomic E-state index is 0.0499. The third kappa shape index (κ3) is 3.19. The van der Waals surface area contributed by atoms with Gasteiger partial charge in [0.1, 0.15) is 5.75 Å². The van der Waals surface area contributed by atoms with Crippen LogP contribution in [0.3, 0.4) is 0 Å². The van der Waals surface area contributed by atoms with Crippen LogP contribution in [0.1, 0.15) is 15.9 Å². The summed E-state index contributed by atoms with van der Waals surface area (Å²) >= 11 is 3.16. The Bertz CT molecular complexity index is 729. The van der Waals surface area contributed by atoms with E-state index in [0.717, 1.165) is 0 Å². The summed E-state index contributed by atoms with van der Waals surface area (Å²) in [6.07, 6.45) is 0. The van der Waals surface area contributed by atoms with Crippen molar-refractivity contribution >= 4 is 27.6 Å². The molecule has 0 radical (unpaired) electrons. The molecule has 0 aliphatic carbocycles. The molecule has 6 nitrogen and oxygen atoms in total. The van der Waals surface area contributed by atoms with Crippen molar-refractivity contribution in [3.05, 3.63) is 62.1 Å². The number of hydrogen-bond acceptors (Lipinski definition) is 4. The fourth-order valence-electron chi connectivity index (χ4n) is 1.79. The summed E-state index contributed by atoms with van der Waals surface area (Å²) in [5.74, 6) is -0.766. The molecular formula is C14H10BrNO5. The van der Waals surface area contributed by atoms with Crippen molar-refractivity contribution in [3.63, 3.8) is 0 Å². The highest BCUT2D eigenvalue weighted by molar-refractivity contribution is 9.10. The molecule has 0 aliphatic heterocycles. The molecule has 1 N–H and O–H groups in total. The number of halogens is 1. The monoisotopic (exact) mass is 351 g/mol. The van der Waals surface area contributed by atoms with Crippen molar-refractivity contribution in [1.29, 1.82) is 0 Å². The fourth-order valence-corrected chi connectivity index (χ4v) is 2.14. The third-order valence-electron chi connectivity index (χ3n) is 2.85. The van der Waals surface area contributed by atoms with Crippen molar-refractivity contribution in [1.82, 2.24) is 0 Å². The number of aromatic carboxylic acids is 1. The molecule has 0 heterocycles. The molecule has 0 saturated carbocycles. The fraction of sp³-hybridized carbons (Fsp3) is 0.0714. The minimum atomic E-state index is -1.08. The predicted molar refractivity (Wildman–Crippen MR) is 79.0 cm³/mol. The van der Waals surface area contributed by atoms with Crippen LogP contribution in [0.15, 0.2) is 40.9 Å². The molecule has 2 aromatic rings. The lowest BCUT2D eigenvalue weighted by Gasteiger charge is -2.10. The van der Waals surface area contributed by atoms with Gasteiger partial charge in [0.25, 0.3) is 0 Å². The van der Waals surface area contributed by atoms with E-state index in [2.05, 4.69) is 15.9 Å². The van der Waals surface area contributed by atoms with Gasteiger partial charge >= 0.3 is 11.7 Å². The number of nitro benzene ring substituents is 1. The number of ether oxygens (including phenoxy) is 1. The molecule has 0 unspecified atom stereocenters. The van der Waals surface area contributed by atoms with E-state index in [4.69, 9.17) is 9.84 Å². The van der Waals surface area contributed by atoms with E-state index in [-0.39, 0.29) is 22.7 Å². The topological polar surface area (TPSA) is 89.7 Å². The first-order chi connectivity index (χ1) is 9.90. The van der Waals surface area contributed by atoms with Gasteiger partial charge in [-0.2, -0.15) is 0 Å². The first-order valence-corrected chi connectivity index (χ1v) is 6.64. The molecule has 0 bridgehead atoms. The summed E-state index contributed by atoms with van der Waals surface area (Å²) in [4.78, 5) is 21.6. The average Bonchev–Trinajstić information content (AvgIpc) is 2.42. The molecule has 2 rings (SSSR count). The largest absolute Gasteiger partial charge is 0.478 e. The van der Waals surface area contributed by atoms with Crippen molar-refractivity contribution in [2.24, 2.45) is 0 Å². The Kier molecular flexibility index (Phi) is 4.23. The Morgan fingerprint density at radius 3 is 2.62 bits per heavy atom. The van der Waals surface area contributed by atoms with Gasteiger partial charge < -0.3 is 9.84 Å². The van der Waals surface area contributed by atoms with E-state index in [1.165, 1.54) is 24.3 Å². The van der Waals surface area contributed by atoms with Gasteiger partial charge in [-0.05, 0) is 31.2 Å². The van der Waals surface area contributed by atoms with E-state index < -0.39 is 10.9 Å². The first-order valence-electron chi connectivity index (χ1n) is 5.85. The Morgan fingerprint density at radius 1 is 1.29 bits per heavy atom. The third-order valence-corrected chi connectivity index (χ3v) is 3.35. The van der Waals surface area contributed by atoms with Gasteiger partial charge in [-0.25, -0.2) is 4.79 Å². The van der Waals surface area contributed by atoms with Crippen LogP contribution in [0.4, 0.5) is 5.69 Å². The summed E-state index contributed by atoms with van der Waals surface area (Å²) in [5.41, 5.74) is 0.291. The van der Waals surface area contributed by atoms with Crippen molar-refractivity contribution in [3.8, 4) is 11.5 Å². The zero-order valence-corrected chi connectivity index (χ0v) is 12.5. The van der Waals surface area contributed by atoms with E-state index in [9.17, 15) is 14.9 Å². The molecule has 0 fully saturated rings. The predicted octanol–water partition coefficient (Wildman–Crippen LogP) is 4.16. The van der Waals surface area contributed by atoms with Gasteiger partial charge in [0, 0.05) is 16.1 Å². The summed E-state index contributed by atoms with van der Waals surface area (Å²) in [7, 11) is 0. The lowest BCUT2D eigenvalue weighted by Crippen LogP contribution is -2.01. The van der Waals surface area contributed by atoms with Crippen LogP contribution in [0.25, 0.3) is 0 Å². The number of nitro groups is 1. The maximum Gasteiger partial charge on any atom is 0.336 e. The quantitative estimate of drug-likeness (QED) is 0.659. The summed E-state index contributed by atoms with van der Waals surface area (Å²) in [6.45, 7) is 1.59. The van der Waals surface area contributed by atoms with Crippen molar-refractivity contribution in [2.75, 3.05) is 0 Å². The molecule has 0 amide bonds. The van der Waals surface area contributed by atoms with Crippen LogP contribution in [-0.4, -0.2) is 16.0 Å². The average molecular weight is 352 g/mol. The minimum Gasteiger partial charge on any atom is -0.478 e. The van der Waals surface area contributed by atoms with E-state index >= 15 is 0 Å². The van der Waals surface area contributed by atoms with Gasteiger partial charge in [-0.15, -0.1) is 0 Å². The summed E-state index contributed by atoms with van der Waals surface area (Å²) in [5, 5.41) is 20.1. The highest BCUT2D eigenvalue weighted by Gasteiger charge is 2.18. The van der Waals surface area contributed by atoms with Gasteiger partial charge in [-0.1, -0.05) is 22.0 Å². The number of carboxylic acid groups (broad SMARTS) is 1. The zero-order valence-electron chi connectivity index (χ0n) is 10.9. The van der Waals surface area contributed by atoms with E-state index in [1.54, 1.807) is 19.1 Å². The van der Waals surface area contributed by atoms with Gasteiger partial charge in [0.2, 0.25) is 5.75 Å². The molecule has 2 aromatic carbocycles. The molecule has 0 saturated heterocycles. The standard InChI is InChI=1S/C14H10BrNO5/c1-8-10(14(17)18)3-2-4-12(8)21-13-6-5-9(15)7-11(13)16(19)20/h2-7H,1H3,(H,17,18). The smallest absolute Gasteiger partial charge is 0.336 e. The first kappa shape index (κ1) is 15.0. The van der Waals surface area contributed by atoms with Gasteiger partial charge in [-0.3, -0.25) is 10.1 Å². The highest BCUT2D eigenvalue weighted by atomic mass is 79.9. The number of benzene rings is 2. The molecular weight excluding hydrogens is 342 g/mol. The maximum atomic E-state index is 11.1. The molecule has 0 spiro atoms. The maximum absolute atomic E-state index is 11.1. The Morgan fingerprint density at radius 2 is 2.00 bits per heavy atom. The second kappa shape index (κ2) is 5.92. The number of carboxylic acids is 1. The SMILES string of the molecule is Cc1c(Oc2ccc(Br)cc2[N+](=O)[O-])cccc1C(=O)O. The summed E-state index contributed by atoms with van der Waals surface area (Å²) < 4.78 is 6.07. The normalized spacial score (nSPS) is 10.2. The Hall–Kier alpha value is -2.41. The lowest BCUT2D eigenvalue weighted by molar-refractivity contribution is -0.385. The van der Waals surface area contributed by atoms with Crippen LogP contribution in [0, 0.1) is 17.0 Å². The van der Waals surface area contributed by atoms with Gasteiger partial charge in [0.05, 0.1) is 10.5 Å². The Labute approximate surface area is 128 Å². The molecule has 0 aromatic heterocycles. The van der Waals surface area contributed by atoms with Crippen molar-refractivity contribution in [2.45, 2.75) is 6.92 Å². The number of carbonyl (C=O) groups is 1. The summed E-state index contributed by atoms with van der Waals surface area (Å²) in [6, 6.07) is 8.92. The van der Waals surface area contributed by atoms with Crippen LogP contribution in [-0.2, 0) is 0 Å². The van der Waals surface area contributed by atoms with Crippen LogP contribution >= 0.6 is 15.9 Å². The molecule has 0 atom stereocenters. The van der Waals surface area contributed by atoms with E-state index in [0.29, 0.717) is 10.0 Å². The van der Waals surface area contributed by atoms with Gasteiger partial charge in [0.15, 0.2) is 0 Å². The molecule has 21 heavy (non-hydrogen) atoms. The number of rotatable bonds is 4. The molecule has 7 heteroatoms. The lowest BCUT2D eigenvalue weighted by atomic mass is 10.1. The van der Waals surface area contributed by atoms with Crippen molar-refractivity contribution < 1.29 is 19.6 Å². The molecule has 108 valence electrons. The number of nitrogens with zero attached hydrogens (tertiary/aromatic N) is 1. The number of hydrogen-bond donors (Lipinski definition) is 1. The van der Waals surface area contributed by atoms with Crippen LogP contribution < -0.4 is 4.74 Å². The second-order valence-corrected chi connectivity index (χ2v) is 5.12. The Balaban J connectivity index is 2.46.